The Labute approximate surface area is 143 Å². The maximum atomic E-state index is 12.1. The number of rotatable bonds is 7. The molecule has 1 aromatic carbocycles. The molecule has 23 heavy (non-hydrogen) atoms. The maximum Gasteiger partial charge on any atom is 0.236 e. The molecule has 1 saturated heterocycles. The number of hydrogen-bond acceptors (Lipinski definition) is 5. The van der Waals surface area contributed by atoms with Crippen LogP contribution < -0.4 is 9.47 Å². The molecule has 1 aromatic rings. The fourth-order valence-electron chi connectivity index (χ4n) is 2.17. The molecule has 0 aromatic heterocycles. The summed E-state index contributed by atoms with van der Waals surface area (Å²) in [6, 6.07) is 7.29. The van der Waals surface area contributed by atoms with Gasteiger partial charge in [-0.3, -0.25) is 9.00 Å². The van der Waals surface area contributed by atoms with Gasteiger partial charge in [0.05, 0.1) is 0 Å². The zero-order chi connectivity index (χ0) is 16.7. The van der Waals surface area contributed by atoms with Crippen LogP contribution in [0.3, 0.4) is 0 Å². The van der Waals surface area contributed by atoms with Gasteiger partial charge in [-0.25, -0.2) is 0 Å². The van der Waals surface area contributed by atoms with Gasteiger partial charge in [-0.15, -0.1) is 18.2 Å². The number of carbonyl (C=O) groups excluding carboxylic acids is 1. The normalized spacial score (nSPS) is 18.3. The van der Waals surface area contributed by atoms with Crippen LogP contribution >= 0.6 is 11.8 Å². The molecule has 0 aliphatic carbocycles. The Morgan fingerprint density at radius 2 is 2.13 bits per heavy atom. The maximum absolute atomic E-state index is 12.1. The first-order valence-corrected chi connectivity index (χ1v) is 9.88. The third-order valence-electron chi connectivity index (χ3n) is 3.18. The van der Waals surface area contributed by atoms with Gasteiger partial charge in [-0.1, -0.05) is 18.1 Å². The van der Waals surface area contributed by atoms with Crippen molar-refractivity contribution in [2.75, 3.05) is 37.5 Å². The van der Waals surface area contributed by atoms with Crippen LogP contribution in [0, 0.1) is 12.3 Å². The highest BCUT2D eigenvalue weighted by molar-refractivity contribution is 8.00. The van der Waals surface area contributed by atoms with Crippen LogP contribution in [0.15, 0.2) is 24.3 Å². The molecule has 7 heteroatoms. The molecule has 0 saturated carbocycles. The van der Waals surface area contributed by atoms with E-state index in [1.807, 2.05) is 12.1 Å². The standard InChI is InChI=1S/C16H19NO4S2/c1-3-9-20-13-6-4-5-7-14(13)21-11-16-17(8-10-22-16)15(18)12-23(2)19/h1,4-7,16H,8-12H2,2H3/t16-,23+/m1/s1. The smallest absolute Gasteiger partial charge is 0.236 e. The van der Waals surface area contributed by atoms with Gasteiger partial charge < -0.3 is 14.4 Å². The van der Waals surface area contributed by atoms with Crippen molar-refractivity contribution in [3.05, 3.63) is 24.3 Å². The summed E-state index contributed by atoms with van der Waals surface area (Å²) < 4.78 is 22.5. The summed E-state index contributed by atoms with van der Waals surface area (Å²) in [6.45, 7) is 1.18. The van der Waals surface area contributed by atoms with E-state index in [0.29, 0.717) is 24.7 Å². The van der Waals surface area contributed by atoms with Crippen molar-refractivity contribution in [1.29, 1.82) is 0 Å². The predicted molar refractivity (Wildman–Crippen MR) is 93.2 cm³/mol. The summed E-state index contributed by atoms with van der Waals surface area (Å²) >= 11 is 1.66. The van der Waals surface area contributed by atoms with Gasteiger partial charge >= 0.3 is 0 Å². The van der Waals surface area contributed by atoms with Crippen molar-refractivity contribution in [2.45, 2.75) is 5.37 Å². The van der Waals surface area contributed by atoms with Crippen molar-refractivity contribution in [2.24, 2.45) is 0 Å². The third kappa shape index (κ3) is 5.19. The molecular formula is C16H19NO4S2. The van der Waals surface area contributed by atoms with E-state index >= 15 is 0 Å². The second kappa shape index (κ2) is 8.85. The van der Waals surface area contributed by atoms with Crippen molar-refractivity contribution in [3.8, 4) is 23.8 Å². The number of ether oxygens (including phenoxy) is 2. The summed E-state index contributed by atoms with van der Waals surface area (Å²) in [6.07, 6.45) is 6.74. The molecule has 5 nitrogen and oxygen atoms in total. The van der Waals surface area contributed by atoms with Gasteiger partial charge in [0.25, 0.3) is 0 Å². The molecule has 124 valence electrons. The molecule has 1 amide bonds. The third-order valence-corrected chi connectivity index (χ3v) is 5.03. The summed E-state index contributed by atoms with van der Waals surface area (Å²) in [4.78, 5) is 13.8. The van der Waals surface area contributed by atoms with E-state index in [2.05, 4.69) is 5.92 Å². The quantitative estimate of drug-likeness (QED) is 0.693. The Hall–Kier alpha value is -1.65. The second-order valence-corrected chi connectivity index (χ2v) is 7.60. The minimum Gasteiger partial charge on any atom is -0.487 e. The number of para-hydroxylation sites is 2. The summed E-state index contributed by atoms with van der Waals surface area (Å²) in [5.74, 6) is 4.41. The first-order chi connectivity index (χ1) is 11.1. The van der Waals surface area contributed by atoms with Crippen LogP contribution in [0.4, 0.5) is 0 Å². The fourth-order valence-corrected chi connectivity index (χ4v) is 3.83. The lowest BCUT2D eigenvalue weighted by Crippen LogP contribution is -2.40. The van der Waals surface area contributed by atoms with Gasteiger partial charge in [0.2, 0.25) is 5.91 Å². The molecule has 1 heterocycles. The Morgan fingerprint density at radius 1 is 1.43 bits per heavy atom. The summed E-state index contributed by atoms with van der Waals surface area (Å²) in [5, 5.41) is -0.0771. The molecule has 2 rings (SSSR count). The zero-order valence-electron chi connectivity index (χ0n) is 12.9. The Bertz CT molecular complexity index is 614. The molecule has 0 N–H and O–H groups in total. The van der Waals surface area contributed by atoms with Crippen LogP contribution in [-0.2, 0) is 15.6 Å². The van der Waals surface area contributed by atoms with Crippen molar-refractivity contribution >= 4 is 28.5 Å². The van der Waals surface area contributed by atoms with Crippen LogP contribution in [0.1, 0.15) is 0 Å². The Morgan fingerprint density at radius 3 is 2.78 bits per heavy atom. The number of carbonyl (C=O) groups is 1. The van der Waals surface area contributed by atoms with E-state index in [4.69, 9.17) is 15.9 Å². The van der Waals surface area contributed by atoms with E-state index in [1.54, 1.807) is 28.8 Å². The molecular weight excluding hydrogens is 334 g/mol. The average Bonchev–Trinajstić information content (AvgIpc) is 2.99. The average molecular weight is 353 g/mol. The van der Waals surface area contributed by atoms with Crippen molar-refractivity contribution in [1.82, 2.24) is 4.90 Å². The first kappa shape index (κ1) is 17.7. The number of nitrogens with zero attached hydrogens (tertiary/aromatic N) is 1. The Kier molecular flexibility index (Phi) is 6.81. The van der Waals surface area contributed by atoms with E-state index in [0.717, 1.165) is 5.75 Å². The monoisotopic (exact) mass is 353 g/mol. The number of terminal acetylenes is 1. The number of hydrogen-bond donors (Lipinski definition) is 0. The van der Waals surface area contributed by atoms with Gasteiger partial charge in [-0.2, -0.15) is 0 Å². The second-order valence-electron chi connectivity index (χ2n) is 4.88. The number of thioether (sulfide) groups is 1. The summed E-state index contributed by atoms with van der Waals surface area (Å²) in [7, 11) is -1.13. The largest absolute Gasteiger partial charge is 0.487 e. The van der Waals surface area contributed by atoms with Crippen LogP contribution in [0.5, 0.6) is 11.5 Å². The van der Waals surface area contributed by atoms with Crippen molar-refractivity contribution in [3.63, 3.8) is 0 Å². The number of amides is 1. The molecule has 1 aliphatic rings. The lowest BCUT2D eigenvalue weighted by Gasteiger charge is -2.24. The molecule has 1 fully saturated rings. The van der Waals surface area contributed by atoms with Gasteiger partial charge in [0.1, 0.15) is 24.3 Å². The molecule has 0 spiro atoms. The first-order valence-electron chi connectivity index (χ1n) is 7.11. The minimum atomic E-state index is -1.13. The molecule has 2 atom stereocenters. The lowest BCUT2D eigenvalue weighted by molar-refractivity contribution is -0.128. The van der Waals surface area contributed by atoms with E-state index in [-0.39, 0.29) is 23.6 Å². The van der Waals surface area contributed by atoms with Gasteiger partial charge in [0.15, 0.2) is 11.5 Å². The lowest BCUT2D eigenvalue weighted by atomic mass is 10.3. The van der Waals surface area contributed by atoms with E-state index in [9.17, 15) is 9.00 Å². The van der Waals surface area contributed by atoms with Crippen LogP contribution in [0.2, 0.25) is 0 Å². The van der Waals surface area contributed by atoms with Crippen molar-refractivity contribution < 1.29 is 18.5 Å². The highest BCUT2D eigenvalue weighted by Crippen LogP contribution is 2.29. The van der Waals surface area contributed by atoms with Gasteiger partial charge in [-0.05, 0) is 12.1 Å². The predicted octanol–water partition coefficient (Wildman–Crippen LogP) is 1.36. The topological polar surface area (TPSA) is 55.8 Å². The van der Waals surface area contributed by atoms with Gasteiger partial charge in [0, 0.05) is 29.4 Å². The fraction of sp³-hybridized carbons (Fsp3) is 0.438. The molecule has 0 unspecified atom stereocenters. The van der Waals surface area contributed by atoms with E-state index < -0.39 is 10.8 Å². The minimum absolute atomic E-state index is 0.0545. The van der Waals surface area contributed by atoms with Crippen LogP contribution in [-0.4, -0.2) is 57.9 Å². The van der Waals surface area contributed by atoms with Crippen LogP contribution in [0.25, 0.3) is 0 Å². The van der Waals surface area contributed by atoms with E-state index in [1.165, 1.54) is 6.26 Å². The highest BCUT2D eigenvalue weighted by Gasteiger charge is 2.30. The zero-order valence-corrected chi connectivity index (χ0v) is 14.5. The molecule has 0 radical (unpaired) electrons. The molecule has 1 aliphatic heterocycles. The number of benzene rings is 1. The molecule has 0 bridgehead atoms. The highest BCUT2D eigenvalue weighted by atomic mass is 32.2. The Balaban J connectivity index is 1.96. The summed E-state index contributed by atoms with van der Waals surface area (Å²) in [5.41, 5.74) is 0. The SMILES string of the molecule is C#CCOc1ccccc1OC[C@H]1SCCN1C(=O)C[S@](C)=O.